The molecule has 0 aromatic heterocycles. The van der Waals surface area contributed by atoms with Crippen LogP contribution in [0.3, 0.4) is 0 Å². The van der Waals surface area contributed by atoms with Crippen molar-refractivity contribution in [2.75, 3.05) is 19.6 Å². The minimum atomic E-state index is -0.206. The fourth-order valence-corrected chi connectivity index (χ4v) is 2.72. The lowest BCUT2D eigenvalue weighted by atomic mass is 10.0. The third-order valence-electron chi connectivity index (χ3n) is 3.79. The van der Waals surface area contributed by atoms with E-state index in [9.17, 15) is 9.59 Å². The molecule has 3 rings (SSSR count). The second-order valence-electron chi connectivity index (χ2n) is 5.20. The minimum Gasteiger partial charge on any atom is -0.350 e. The second kappa shape index (κ2) is 5.25. The number of benzene rings is 1. The summed E-state index contributed by atoms with van der Waals surface area (Å²) in [6, 6.07) is 6.95. The zero-order valence-electron chi connectivity index (χ0n) is 11.2. The van der Waals surface area contributed by atoms with Gasteiger partial charge in [0.2, 0.25) is 0 Å². The summed E-state index contributed by atoms with van der Waals surface area (Å²) in [5.41, 5.74) is 2.19. The van der Waals surface area contributed by atoms with Gasteiger partial charge in [-0.1, -0.05) is 23.8 Å². The van der Waals surface area contributed by atoms with Gasteiger partial charge >= 0.3 is 0 Å². The molecule has 0 atom stereocenters. The highest BCUT2D eigenvalue weighted by Crippen LogP contribution is 2.23. The number of fused-ring (bicyclic) bond motifs is 1. The summed E-state index contributed by atoms with van der Waals surface area (Å²) in [5, 5.41) is 0. The van der Waals surface area contributed by atoms with E-state index < -0.39 is 0 Å². The molecule has 20 heavy (non-hydrogen) atoms. The summed E-state index contributed by atoms with van der Waals surface area (Å²) in [5.74, 6) is -0.411. The predicted molar refractivity (Wildman–Crippen MR) is 76.5 cm³/mol. The molecule has 2 amide bonds. The largest absolute Gasteiger partial charge is 0.350 e. The number of rotatable bonds is 2. The molecule has 1 aromatic carbocycles. The number of nitrogens with zero attached hydrogens (tertiary/aromatic N) is 2. The topological polar surface area (TPSA) is 40.6 Å². The van der Waals surface area contributed by atoms with Crippen LogP contribution >= 0.6 is 0 Å². The highest BCUT2D eigenvalue weighted by atomic mass is 16.2. The van der Waals surface area contributed by atoms with E-state index in [1.54, 1.807) is 29.1 Å². The summed E-state index contributed by atoms with van der Waals surface area (Å²) < 4.78 is 0. The Kier molecular flexibility index (Phi) is 3.44. The van der Waals surface area contributed by atoms with Crippen LogP contribution in [-0.4, -0.2) is 49.1 Å². The van der Waals surface area contributed by atoms with Crippen LogP contribution in [0.15, 0.2) is 35.9 Å². The summed E-state index contributed by atoms with van der Waals surface area (Å²) in [7, 11) is 5.78. The average molecular weight is 266 g/mol. The first-order valence-electron chi connectivity index (χ1n) is 6.79. The summed E-state index contributed by atoms with van der Waals surface area (Å²) >= 11 is 0. The fraction of sp³-hybridized carbons (Fsp3) is 0.333. The lowest BCUT2D eigenvalue weighted by Crippen LogP contribution is -2.32. The Hall–Kier alpha value is -1.88. The molecule has 5 heteroatoms. The maximum atomic E-state index is 12.2. The number of hydrogen-bond donors (Lipinski definition) is 0. The second-order valence-corrected chi connectivity index (χ2v) is 5.20. The Labute approximate surface area is 119 Å². The normalized spacial score (nSPS) is 21.6. The molecule has 2 heterocycles. The minimum absolute atomic E-state index is 0.206. The van der Waals surface area contributed by atoms with E-state index in [4.69, 9.17) is 7.98 Å². The van der Waals surface area contributed by atoms with E-state index >= 15 is 0 Å². The molecule has 0 aliphatic carbocycles. The third-order valence-corrected chi connectivity index (χ3v) is 3.79. The number of amides is 2. The monoisotopic (exact) mass is 266 g/mol. The van der Waals surface area contributed by atoms with Crippen molar-refractivity contribution in [3.8, 4) is 0 Å². The van der Waals surface area contributed by atoms with Gasteiger partial charge in [0, 0.05) is 13.1 Å². The molecule has 0 unspecified atom stereocenters. The Bertz CT molecular complexity index is 562. The van der Waals surface area contributed by atoms with E-state index in [1.165, 1.54) is 10.5 Å². The third kappa shape index (κ3) is 2.29. The molecular weight excluding hydrogens is 251 g/mol. The molecule has 100 valence electrons. The van der Waals surface area contributed by atoms with Gasteiger partial charge in [0.15, 0.2) is 7.98 Å². The SMILES string of the molecule is [B]N1CCC/C(=C/CN2C(=O)c3ccccc3C2=O)C1. The molecule has 0 N–H and O–H groups in total. The highest BCUT2D eigenvalue weighted by Gasteiger charge is 2.34. The maximum Gasteiger partial charge on any atom is 0.261 e. The smallest absolute Gasteiger partial charge is 0.261 e. The standard InChI is InChI=1S/C15H15BN2O2/c16-17-8-3-4-11(10-17)7-9-18-14(19)12-5-1-2-6-13(12)15(18)20/h1-2,5-7H,3-4,8-10H2/b11-7-. The van der Waals surface area contributed by atoms with Crippen LogP contribution in [0, 0.1) is 0 Å². The van der Waals surface area contributed by atoms with E-state index in [-0.39, 0.29) is 11.8 Å². The summed E-state index contributed by atoms with van der Waals surface area (Å²) in [4.78, 5) is 27.4. The van der Waals surface area contributed by atoms with Crippen LogP contribution < -0.4 is 0 Å². The van der Waals surface area contributed by atoms with Gasteiger partial charge in [0.05, 0.1) is 11.1 Å². The molecule has 1 aromatic rings. The van der Waals surface area contributed by atoms with Gasteiger partial charge < -0.3 is 4.81 Å². The van der Waals surface area contributed by atoms with Crippen LogP contribution in [0.4, 0.5) is 0 Å². The molecule has 2 aliphatic heterocycles. The molecule has 4 nitrogen and oxygen atoms in total. The summed E-state index contributed by atoms with van der Waals surface area (Å²) in [6.45, 7) is 1.93. The van der Waals surface area contributed by atoms with Gasteiger partial charge in [-0.2, -0.15) is 0 Å². The van der Waals surface area contributed by atoms with Gasteiger partial charge in [0.25, 0.3) is 11.8 Å². The van der Waals surface area contributed by atoms with Crippen LogP contribution in [0.25, 0.3) is 0 Å². The molecule has 1 fully saturated rings. The molecule has 2 radical (unpaired) electrons. The quantitative estimate of drug-likeness (QED) is 0.461. The first kappa shape index (κ1) is 13.1. The average Bonchev–Trinajstić information content (AvgIpc) is 2.70. The molecule has 0 spiro atoms. The fourth-order valence-electron chi connectivity index (χ4n) is 2.72. The van der Waals surface area contributed by atoms with Gasteiger partial charge in [-0.3, -0.25) is 14.5 Å². The van der Waals surface area contributed by atoms with Crippen molar-refractivity contribution in [1.82, 2.24) is 9.71 Å². The van der Waals surface area contributed by atoms with Gasteiger partial charge in [-0.25, -0.2) is 0 Å². The number of piperidine rings is 1. The maximum absolute atomic E-state index is 12.2. The predicted octanol–water partition coefficient (Wildman–Crippen LogP) is 1.39. The van der Waals surface area contributed by atoms with Crippen molar-refractivity contribution >= 4 is 19.8 Å². The van der Waals surface area contributed by atoms with Crippen molar-refractivity contribution in [2.24, 2.45) is 0 Å². The van der Waals surface area contributed by atoms with E-state index in [1.807, 2.05) is 6.08 Å². The Morgan fingerprint density at radius 2 is 1.80 bits per heavy atom. The molecular formula is C15H15BN2O2. The molecule has 1 saturated heterocycles. The van der Waals surface area contributed by atoms with E-state index in [2.05, 4.69) is 0 Å². The highest BCUT2D eigenvalue weighted by molar-refractivity contribution is 6.21. The Morgan fingerprint density at radius 1 is 1.15 bits per heavy atom. The van der Waals surface area contributed by atoms with Crippen LogP contribution in [-0.2, 0) is 0 Å². The van der Waals surface area contributed by atoms with Crippen molar-refractivity contribution in [3.05, 3.63) is 47.0 Å². The van der Waals surface area contributed by atoms with Gasteiger partial charge in [-0.15, -0.1) is 0 Å². The van der Waals surface area contributed by atoms with Crippen LogP contribution in [0.1, 0.15) is 33.6 Å². The van der Waals surface area contributed by atoms with Crippen molar-refractivity contribution < 1.29 is 9.59 Å². The van der Waals surface area contributed by atoms with Crippen molar-refractivity contribution in [3.63, 3.8) is 0 Å². The van der Waals surface area contributed by atoms with Crippen LogP contribution in [0.2, 0.25) is 0 Å². The van der Waals surface area contributed by atoms with Gasteiger partial charge in [0.1, 0.15) is 0 Å². The lowest BCUT2D eigenvalue weighted by molar-refractivity contribution is 0.0671. The zero-order valence-corrected chi connectivity index (χ0v) is 11.2. The number of carbonyl (C=O) groups is 2. The lowest BCUT2D eigenvalue weighted by Gasteiger charge is -2.25. The molecule has 0 bridgehead atoms. The first-order valence-corrected chi connectivity index (χ1v) is 6.79. The van der Waals surface area contributed by atoms with Crippen LogP contribution in [0.5, 0.6) is 0 Å². The molecule has 2 aliphatic rings. The van der Waals surface area contributed by atoms with Gasteiger partial charge in [-0.05, 0) is 31.5 Å². The number of imide groups is 1. The Morgan fingerprint density at radius 3 is 2.40 bits per heavy atom. The first-order chi connectivity index (χ1) is 9.66. The number of carbonyl (C=O) groups excluding carboxylic acids is 2. The zero-order chi connectivity index (χ0) is 14.1. The van der Waals surface area contributed by atoms with Crippen molar-refractivity contribution in [1.29, 1.82) is 0 Å². The van der Waals surface area contributed by atoms with E-state index in [0.717, 1.165) is 19.4 Å². The number of hydrogen-bond acceptors (Lipinski definition) is 3. The van der Waals surface area contributed by atoms with E-state index in [0.29, 0.717) is 24.2 Å². The summed E-state index contributed by atoms with van der Waals surface area (Å²) in [6.07, 6.45) is 3.96. The Balaban J connectivity index is 1.75. The molecule has 0 saturated carbocycles. The van der Waals surface area contributed by atoms with Crippen molar-refractivity contribution in [2.45, 2.75) is 12.8 Å².